The normalized spacial score (nSPS) is 14.8. The van der Waals surface area contributed by atoms with Crippen LogP contribution in [0.5, 0.6) is 0 Å². The number of sulfonamides is 1. The summed E-state index contributed by atoms with van der Waals surface area (Å²) in [5.74, 6) is 0.162. The standard InChI is InChI=1S/C11H18N2O4S3/c1-7(4-5-19(3)15)13-11(14)9-6-10(8(2)18-9)20(12,16)17/h6-7H,4-5H2,1-3H3,(H,13,14)(H2,12,16,17). The topological polar surface area (TPSA) is 106 Å². The predicted molar refractivity (Wildman–Crippen MR) is 80.9 cm³/mol. The summed E-state index contributed by atoms with van der Waals surface area (Å²) in [5.41, 5.74) is 0. The van der Waals surface area contributed by atoms with E-state index in [0.717, 1.165) is 11.3 Å². The molecule has 0 radical (unpaired) electrons. The highest BCUT2D eigenvalue weighted by Gasteiger charge is 2.20. The molecule has 0 bridgehead atoms. The minimum atomic E-state index is -3.81. The van der Waals surface area contributed by atoms with Crippen molar-refractivity contribution in [2.45, 2.75) is 31.2 Å². The highest BCUT2D eigenvalue weighted by Crippen LogP contribution is 2.24. The first kappa shape index (κ1) is 17.3. The molecule has 114 valence electrons. The summed E-state index contributed by atoms with van der Waals surface area (Å²) in [7, 11) is -4.71. The van der Waals surface area contributed by atoms with Crippen molar-refractivity contribution in [3.63, 3.8) is 0 Å². The Morgan fingerprint density at radius 3 is 2.60 bits per heavy atom. The molecular weight excluding hydrogens is 320 g/mol. The number of thiophene rings is 1. The number of nitrogens with one attached hydrogen (secondary N) is 1. The molecule has 3 N–H and O–H groups in total. The third-order valence-electron chi connectivity index (χ3n) is 2.62. The van der Waals surface area contributed by atoms with E-state index in [9.17, 15) is 17.4 Å². The van der Waals surface area contributed by atoms with Crippen LogP contribution in [-0.4, -0.2) is 36.6 Å². The van der Waals surface area contributed by atoms with Crippen LogP contribution in [-0.2, 0) is 20.8 Å². The molecule has 0 aliphatic heterocycles. The lowest BCUT2D eigenvalue weighted by Gasteiger charge is -2.11. The summed E-state index contributed by atoms with van der Waals surface area (Å²) >= 11 is 1.08. The second-order valence-corrected chi connectivity index (χ2v) is 8.86. The van der Waals surface area contributed by atoms with Crippen LogP contribution in [0.25, 0.3) is 0 Å². The van der Waals surface area contributed by atoms with E-state index in [1.165, 1.54) is 6.07 Å². The third-order valence-corrected chi connectivity index (χ3v) is 5.64. The maximum absolute atomic E-state index is 12.0. The van der Waals surface area contributed by atoms with Crippen LogP contribution in [0, 0.1) is 6.92 Å². The van der Waals surface area contributed by atoms with Gasteiger partial charge in [0, 0.05) is 33.7 Å². The number of carbonyl (C=O) groups excluding carboxylic acids is 1. The minimum Gasteiger partial charge on any atom is -0.349 e. The first-order chi connectivity index (χ1) is 9.11. The number of aryl methyl sites for hydroxylation is 1. The SMILES string of the molecule is Cc1sc(C(=O)NC(C)CCS(C)=O)cc1S(N)(=O)=O. The number of rotatable bonds is 6. The number of amides is 1. The van der Waals surface area contributed by atoms with Gasteiger partial charge in [0.1, 0.15) is 0 Å². The molecule has 1 amide bonds. The molecule has 9 heteroatoms. The zero-order chi connectivity index (χ0) is 15.5. The summed E-state index contributed by atoms with van der Waals surface area (Å²) in [6, 6.07) is 1.15. The van der Waals surface area contributed by atoms with Gasteiger partial charge < -0.3 is 5.32 Å². The quantitative estimate of drug-likeness (QED) is 0.791. The predicted octanol–water partition coefficient (Wildman–Crippen LogP) is 0.591. The average Bonchev–Trinajstić information content (AvgIpc) is 2.68. The van der Waals surface area contributed by atoms with E-state index in [4.69, 9.17) is 5.14 Å². The zero-order valence-electron chi connectivity index (χ0n) is 11.5. The van der Waals surface area contributed by atoms with Crippen LogP contribution in [0.15, 0.2) is 11.0 Å². The lowest BCUT2D eigenvalue weighted by atomic mass is 10.2. The van der Waals surface area contributed by atoms with Crippen molar-refractivity contribution in [2.24, 2.45) is 5.14 Å². The smallest absolute Gasteiger partial charge is 0.261 e. The van der Waals surface area contributed by atoms with Gasteiger partial charge in [-0.1, -0.05) is 0 Å². The summed E-state index contributed by atoms with van der Waals surface area (Å²) in [5, 5.41) is 7.81. The number of hydrogen-bond acceptors (Lipinski definition) is 5. The van der Waals surface area contributed by atoms with Crippen molar-refractivity contribution >= 4 is 38.1 Å². The Morgan fingerprint density at radius 1 is 1.55 bits per heavy atom. The van der Waals surface area contributed by atoms with E-state index >= 15 is 0 Å². The van der Waals surface area contributed by atoms with Crippen LogP contribution >= 0.6 is 11.3 Å². The fourth-order valence-electron chi connectivity index (χ4n) is 1.57. The molecule has 0 spiro atoms. The summed E-state index contributed by atoms with van der Waals surface area (Å²) < 4.78 is 33.6. The van der Waals surface area contributed by atoms with Gasteiger partial charge in [-0.25, -0.2) is 13.6 Å². The largest absolute Gasteiger partial charge is 0.349 e. The fourth-order valence-corrected chi connectivity index (χ4v) is 4.30. The zero-order valence-corrected chi connectivity index (χ0v) is 14.0. The maximum Gasteiger partial charge on any atom is 0.261 e. The fraction of sp³-hybridized carbons (Fsp3) is 0.545. The Labute approximate surface area is 125 Å². The third kappa shape index (κ3) is 4.97. The molecule has 0 aliphatic rings. The molecule has 2 unspecified atom stereocenters. The van der Waals surface area contributed by atoms with Gasteiger partial charge in [0.15, 0.2) is 0 Å². The van der Waals surface area contributed by atoms with Crippen LogP contribution in [0.4, 0.5) is 0 Å². The molecule has 1 aromatic heterocycles. The van der Waals surface area contributed by atoms with Gasteiger partial charge in [-0.2, -0.15) is 0 Å². The number of primary sulfonamides is 1. The van der Waals surface area contributed by atoms with Gasteiger partial charge in [-0.05, 0) is 26.3 Å². The molecular formula is C11H18N2O4S3. The summed E-state index contributed by atoms with van der Waals surface area (Å²) in [4.78, 5) is 12.7. The van der Waals surface area contributed by atoms with Crippen molar-refractivity contribution in [3.8, 4) is 0 Å². The lowest BCUT2D eigenvalue weighted by Crippen LogP contribution is -2.33. The molecule has 6 nitrogen and oxygen atoms in total. The van der Waals surface area contributed by atoms with Crippen molar-refractivity contribution < 1.29 is 17.4 Å². The molecule has 0 fully saturated rings. The summed E-state index contributed by atoms with van der Waals surface area (Å²) in [6.07, 6.45) is 2.21. The van der Waals surface area contributed by atoms with Crippen LogP contribution in [0.2, 0.25) is 0 Å². The molecule has 0 saturated carbocycles. The van der Waals surface area contributed by atoms with Gasteiger partial charge in [-0.3, -0.25) is 9.00 Å². The number of nitrogens with two attached hydrogens (primary N) is 1. The molecule has 0 saturated heterocycles. The van der Waals surface area contributed by atoms with Crippen LogP contribution in [0.1, 0.15) is 27.9 Å². The van der Waals surface area contributed by atoms with Gasteiger partial charge in [0.25, 0.3) is 5.91 Å². The molecule has 1 heterocycles. The average molecular weight is 338 g/mol. The van der Waals surface area contributed by atoms with Gasteiger partial charge in [0.05, 0.1) is 9.77 Å². The highest BCUT2D eigenvalue weighted by atomic mass is 32.2. The molecule has 2 atom stereocenters. The monoisotopic (exact) mass is 338 g/mol. The Balaban J connectivity index is 2.76. The highest BCUT2D eigenvalue weighted by molar-refractivity contribution is 7.89. The molecule has 1 aromatic rings. The van der Waals surface area contributed by atoms with E-state index < -0.39 is 20.8 Å². The van der Waals surface area contributed by atoms with Crippen molar-refractivity contribution in [1.29, 1.82) is 0 Å². The van der Waals surface area contributed by atoms with Crippen LogP contribution < -0.4 is 10.5 Å². The van der Waals surface area contributed by atoms with E-state index in [0.29, 0.717) is 21.9 Å². The van der Waals surface area contributed by atoms with E-state index in [-0.39, 0.29) is 16.8 Å². The second kappa shape index (κ2) is 6.79. The maximum atomic E-state index is 12.0. The minimum absolute atomic E-state index is 0.0186. The first-order valence-corrected chi connectivity index (χ1v) is 9.94. The lowest BCUT2D eigenvalue weighted by molar-refractivity contribution is 0.0943. The van der Waals surface area contributed by atoms with Crippen LogP contribution in [0.3, 0.4) is 0 Å². The molecule has 0 aliphatic carbocycles. The van der Waals surface area contributed by atoms with Crippen molar-refractivity contribution in [2.75, 3.05) is 12.0 Å². The van der Waals surface area contributed by atoms with Gasteiger partial charge >= 0.3 is 0 Å². The van der Waals surface area contributed by atoms with E-state index in [2.05, 4.69) is 5.32 Å². The molecule has 1 rings (SSSR count). The molecule has 20 heavy (non-hydrogen) atoms. The van der Waals surface area contributed by atoms with E-state index in [1.807, 2.05) is 6.92 Å². The number of carbonyl (C=O) groups is 1. The number of hydrogen-bond donors (Lipinski definition) is 2. The molecule has 0 aromatic carbocycles. The van der Waals surface area contributed by atoms with Gasteiger partial charge in [-0.15, -0.1) is 11.3 Å². The Morgan fingerprint density at radius 2 is 2.15 bits per heavy atom. The first-order valence-electron chi connectivity index (χ1n) is 5.85. The van der Waals surface area contributed by atoms with Crippen molar-refractivity contribution in [1.82, 2.24) is 5.32 Å². The van der Waals surface area contributed by atoms with Crippen molar-refractivity contribution in [3.05, 3.63) is 15.8 Å². The van der Waals surface area contributed by atoms with Gasteiger partial charge in [0.2, 0.25) is 10.0 Å². The Bertz CT molecular complexity index is 622. The Hall–Kier alpha value is -0.770. The summed E-state index contributed by atoms with van der Waals surface area (Å²) in [6.45, 7) is 3.41. The van der Waals surface area contributed by atoms with E-state index in [1.54, 1.807) is 13.2 Å². The Kier molecular flexibility index (Phi) is 5.87. The second-order valence-electron chi connectivity index (χ2n) is 4.52.